The van der Waals surface area contributed by atoms with Crippen LogP contribution in [-0.4, -0.2) is 18.5 Å². The molecule has 2 saturated carbocycles. The predicted octanol–water partition coefficient (Wildman–Crippen LogP) is 0.859. The van der Waals surface area contributed by atoms with Crippen LogP contribution in [0.2, 0.25) is 0 Å². The molecule has 0 unspecified atom stereocenters. The Labute approximate surface area is 57.8 Å². The Morgan fingerprint density at radius 2 is 2.10 bits per heavy atom. The Morgan fingerprint density at radius 3 is 2.60 bits per heavy atom. The molecule has 1 saturated heterocycles. The molecule has 0 radical (unpaired) electrons. The number of fused-ring (bicyclic) bond motifs is 5. The number of hydrogen-bond donors (Lipinski definition) is 1. The molecule has 0 aromatic carbocycles. The first-order valence-electron chi connectivity index (χ1n) is 3.82. The zero-order valence-electron chi connectivity index (χ0n) is 5.48. The van der Waals surface area contributed by atoms with Crippen molar-refractivity contribution in [2.24, 2.45) is 17.8 Å². The maximum absolute atomic E-state index is 12.7. The Morgan fingerprint density at radius 1 is 1.30 bits per heavy atom. The van der Waals surface area contributed by atoms with Crippen LogP contribution in [0.25, 0.3) is 0 Å². The lowest BCUT2D eigenvalue weighted by molar-refractivity contribution is 0.0644. The summed E-state index contributed by atoms with van der Waals surface area (Å²) in [6.07, 6.45) is 1.00. The van der Waals surface area contributed by atoms with Gasteiger partial charge in [0, 0.05) is 17.9 Å². The van der Waals surface area contributed by atoms with Crippen LogP contribution in [-0.2, 0) is 0 Å². The Bertz CT molecular complexity index is 174. The van der Waals surface area contributed by atoms with Gasteiger partial charge in [-0.25, -0.2) is 8.78 Å². The van der Waals surface area contributed by atoms with E-state index in [1.165, 1.54) is 0 Å². The van der Waals surface area contributed by atoms with Crippen molar-refractivity contribution in [1.29, 1.82) is 0 Å². The number of rotatable bonds is 0. The van der Waals surface area contributed by atoms with Crippen LogP contribution in [0.1, 0.15) is 6.42 Å². The first kappa shape index (κ1) is 5.47. The third-order valence-corrected chi connectivity index (χ3v) is 3.31. The van der Waals surface area contributed by atoms with E-state index in [4.69, 9.17) is 0 Å². The van der Waals surface area contributed by atoms with Gasteiger partial charge in [-0.05, 0) is 18.9 Å². The number of halogens is 2. The Kier molecular flexibility index (Phi) is 0.680. The van der Waals surface area contributed by atoms with E-state index >= 15 is 0 Å². The van der Waals surface area contributed by atoms with Gasteiger partial charge in [0.1, 0.15) is 0 Å². The van der Waals surface area contributed by atoms with Crippen molar-refractivity contribution in [2.75, 3.05) is 6.54 Å². The average molecular weight is 145 g/mol. The highest BCUT2D eigenvalue weighted by Crippen LogP contribution is 2.68. The summed E-state index contributed by atoms with van der Waals surface area (Å²) in [5, 5.41) is 3.12. The van der Waals surface area contributed by atoms with Crippen molar-refractivity contribution in [3.05, 3.63) is 0 Å². The van der Waals surface area contributed by atoms with Crippen LogP contribution in [0.3, 0.4) is 0 Å². The van der Waals surface area contributed by atoms with Crippen molar-refractivity contribution < 1.29 is 8.78 Å². The van der Waals surface area contributed by atoms with Crippen molar-refractivity contribution in [3.8, 4) is 0 Å². The lowest BCUT2D eigenvalue weighted by atomic mass is 10.1. The monoisotopic (exact) mass is 145 g/mol. The second-order valence-corrected chi connectivity index (χ2v) is 3.74. The van der Waals surface area contributed by atoms with Gasteiger partial charge in [0.25, 0.3) is 5.92 Å². The zero-order valence-corrected chi connectivity index (χ0v) is 5.48. The molecule has 1 heterocycles. The van der Waals surface area contributed by atoms with E-state index in [0.29, 0.717) is 5.92 Å². The molecule has 3 heteroatoms. The molecule has 0 amide bonds. The van der Waals surface area contributed by atoms with Crippen LogP contribution in [0, 0.1) is 17.8 Å². The summed E-state index contributed by atoms with van der Waals surface area (Å²) in [6.45, 7) is 0.835. The van der Waals surface area contributed by atoms with Gasteiger partial charge in [-0.1, -0.05) is 0 Å². The van der Waals surface area contributed by atoms with E-state index < -0.39 is 5.92 Å². The minimum absolute atomic E-state index is 0.157. The predicted molar refractivity (Wildman–Crippen MR) is 31.8 cm³/mol. The highest BCUT2D eigenvalue weighted by Gasteiger charge is 2.78. The van der Waals surface area contributed by atoms with Crippen LogP contribution >= 0.6 is 0 Å². The summed E-state index contributed by atoms with van der Waals surface area (Å²) in [5.74, 6) is -2.52. The Balaban J connectivity index is 1.97. The molecule has 10 heavy (non-hydrogen) atoms. The smallest absolute Gasteiger partial charge is 0.256 e. The van der Waals surface area contributed by atoms with E-state index in [9.17, 15) is 8.78 Å². The first-order chi connectivity index (χ1) is 4.71. The third kappa shape index (κ3) is 0.383. The largest absolute Gasteiger partial charge is 0.313 e. The fourth-order valence-corrected chi connectivity index (χ4v) is 2.84. The molecule has 1 aliphatic heterocycles. The summed E-state index contributed by atoms with van der Waals surface area (Å²) in [5.41, 5.74) is 0. The van der Waals surface area contributed by atoms with Gasteiger partial charge in [-0.2, -0.15) is 0 Å². The molecule has 0 aromatic heterocycles. The topological polar surface area (TPSA) is 12.0 Å². The molecule has 1 nitrogen and oxygen atoms in total. The average Bonchev–Trinajstić information content (AvgIpc) is 2.37. The highest BCUT2D eigenvalue weighted by atomic mass is 19.3. The van der Waals surface area contributed by atoms with Gasteiger partial charge in [0.2, 0.25) is 0 Å². The summed E-state index contributed by atoms with van der Waals surface area (Å²) in [4.78, 5) is 0. The SMILES string of the molecule is FC1(F)[C@@H]2[C@@H]1[C@H]1CN[C@H]2C1. The number of alkyl halides is 2. The van der Waals surface area contributed by atoms with E-state index in [0.717, 1.165) is 13.0 Å². The molecule has 0 aromatic rings. The third-order valence-electron chi connectivity index (χ3n) is 3.31. The van der Waals surface area contributed by atoms with E-state index in [2.05, 4.69) is 5.32 Å². The van der Waals surface area contributed by atoms with Gasteiger partial charge >= 0.3 is 0 Å². The standard InChI is InChI=1S/C7H9F2N/c8-7(9)5-3-1-4(6(5)7)10-2-3/h3-6,10H,1-2H2/t3-,4+,5+,6+/m1/s1. The zero-order chi connectivity index (χ0) is 6.93. The Hall–Kier alpha value is -0.180. The number of hydrogen-bond acceptors (Lipinski definition) is 1. The minimum Gasteiger partial charge on any atom is -0.313 e. The summed E-state index contributed by atoms with van der Waals surface area (Å²) >= 11 is 0. The molecule has 3 aliphatic rings. The van der Waals surface area contributed by atoms with Crippen molar-refractivity contribution in [3.63, 3.8) is 0 Å². The summed E-state index contributed by atoms with van der Waals surface area (Å²) in [7, 11) is 0. The molecule has 4 atom stereocenters. The van der Waals surface area contributed by atoms with Gasteiger partial charge in [-0.15, -0.1) is 0 Å². The van der Waals surface area contributed by atoms with Crippen LogP contribution in [0.4, 0.5) is 8.78 Å². The summed E-state index contributed by atoms with van der Waals surface area (Å²) < 4.78 is 25.5. The lowest BCUT2D eigenvalue weighted by Crippen LogP contribution is -2.27. The first-order valence-corrected chi connectivity index (χ1v) is 3.82. The fourth-order valence-electron chi connectivity index (χ4n) is 2.84. The van der Waals surface area contributed by atoms with Gasteiger partial charge in [0.15, 0.2) is 0 Å². The van der Waals surface area contributed by atoms with Gasteiger partial charge < -0.3 is 5.32 Å². The number of nitrogens with one attached hydrogen (secondary N) is 1. The second-order valence-electron chi connectivity index (χ2n) is 3.74. The van der Waals surface area contributed by atoms with Crippen molar-refractivity contribution in [2.45, 2.75) is 18.4 Å². The van der Waals surface area contributed by atoms with E-state index in [1.807, 2.05) is 0 Å². The molecule has 2 aliphatic carbocycles. The van der Waals surface area contributed by atoms with E-state index in [1.54, 1.807) is 0 Å². The van der Waals surface area contributed by atoms with Crippen LogP contribution < -0.4 is 5.32 Å². The molecule has 3 fully saturated rings. The number of piperidine rings is 1. The van der Waals surface area contributed by atoms with Crippen molar-refractivity contribution >= 4 is 0 Å². The van der Waals surface area contributed by atoms with Crippen LogP contribution in [0.5, 0.6) is 0 Å². The van der Waals surface area contributed by atoms with Crippen molar-refractivity contribution in [1.82, 2.24) is 5.32 Å². The molecule has 2 bridgehead atoms. The minimum atomic E-state index is -2.29. The molecular formula is C7H9F2N. The normalized spacial score (nSPS) is 60.6. The fraction of sp³-hybridized carbons (Fsp3) is 1.00. The summed E-state index contributed by atoms with van der Waals surface area (Å²) in [6, 6.07) is 0.157. The molecule has 1 N–H and O–H groups in total. The maximum atomic E-state index is 12.7. The second kappa shape index (κ2) is 1.24. The lowest BCUT2D eigenvalue weighted by Gasteiger charge is -2.06. The van der Waals surface area contributed by atoms with Crippen LogP contribution in [0.15, 0.2) is 0 Å². The molecule has 3 rings (SSSR count). The van der Waals surface area contributed by atoms with Gasteiger partial charge in [-0.3, -0.25) is 0 Å². The highest BCUT2D eigenvalue weighted by molar-refractivity contribution is 5.21. The maximum Gasteiger partial charge on any atom is 0.256 e. The van der Waals surface area contributed by atoms with E-state index in [-0.39, 0.29) is 17.9 Å². The molecule has 56 valence electrons. The molecule has 0 spiro atoms. The molecular weight excluding hydrogens is 136 g/mol. The van der Waals surface area contributed by atoms with Gasteiger partial charge in [0.05, 0.1) is 0 Å². The quantitative estimate of drug-likeness (QED) is 0.533.